The first kappa shape index (κ1) is 21.6. The summed E-state index contributed by atoms with van der Waals surface area (Å²) in [6.07, 6.45) is 2.89. The summed E-state index contributed by atoms with van der Waals surface area (Å²) in [4.78, 5) is 12.5. The number of rotatable bonds is 6. The van der Waals surface area contributed by atoms with Gasteiger partial charge < -0.3 is 10.6 Å². The second-order valence-corrected chi connectivity index (χ2v) is 9.59. The van der Waals surface area contributed by atoms with Crippen LogP contribution in [-0.4, -0.2) is 31.8 Å². The fourth-order valence-corrected chi connectivity index (χ4v) is 5.04. The lowest BCUT2D eigenvalue weighted by Crippen LogP contribution is -2.36. The second-order valence-electron chi connectivity index (χ2n) is 7.21. The fraction of sp³-hybridized carbons (Fsp3) is 0.381. The van der Waals surface area contributed by atoms with Crippen molar-refractivity contribution < 1.29 is 13.2 Å². The number of hydrogen-bond acceptors (Lipinski definition) is 3. The van der Waals surface area contributed by atoms with E-state index in [9.17, 15) is 13.2 Å². The summed E-state index contributed by atoms with van der Waals surface area (Å²) in [7, 11) is -3.44. The van der Waals surface area contributed by atoms with Gasteiger partial charge in [-0.3, -0.25) is 0 Å². The van der Waals surface area contributed by atoms with Gasteiger partial charge in [-0.25, -0.2) is 13.2 Å². The quantitative estimate of drug-likeness (QED) is 0.717. The molecule has 0 saturated carbocycles. The molecule has 1 heterocycles. The van der Waals surface area contributed by atoms with Crippen LogP contribution in [0.2, 0.25) is 5.02 Å². The monoisotopic (exact) mass is 435 g/mol. The van der Waals surface area contributed by atoms with Gasteiger partial charge in [-0.15, -0.1) is 0 Å². The number of piperidine rings is 1. The molecule has 2 amide bonds. The third-order valence-electron chi connectivity index (χ3n) is 5.03. The van der Waals surface area contributed by atoms with Crippen molar-refractivity contribution in [2.45, 2.75) is 43.7 Å². The first-order valence-corrected chi connectivity index (χ1v) is 11.6. The van der Waals surface area contributed by atoms with Gasteiger partial charge in [0, 0.05) is 24.7 Å². The Morgan fingerprint density at radius 2 is 1.79 bits per heavy atom. The van der Waals surface area contributed by atoms with Crippen molar-refractivity contribution in [3.05, 3.63) is 64.7 Å². The van der Waals surface area contributed by atoms with Gasteiger partial charge in [0.15, 0.2) is 0 Å². The average molecular weight is 436 g/mol. The fourth-order valence-electron chi connectivity index (χ4n) is 3.32. The van der Waals surface area contributed by atoms with Crippen molar-refractivity contribution in [1.82, 2.24) is 14.9 Å². The lowest BCUT2D eigenvalue weighted by atomic mass is 10.1. The number of urea groups is 1. The van der Waals surface area contributed by atoms with Crippen molar-refractivity contribution in [2.24, 2.45) is 0 Å². The summed E-state index contributed by atoms with van der Waals surface area (Å²) in [5.74, 6) is 0. The Morgan fingerprint density at radius 1 is 1.10 bits per heavy atom. The Morgan fingerprint density at radius 3 is 2.45 bits per heavy atom. The Labute approximate surface area is 177 Å². The van der Waals surface area contributed by atoms with Crippen molar-refractivity contribution in [2.75, 3.05) is 13.1 Å². The zero-order chi connectivity index (χ0) is 20.9. The van der Waals surface area contributed by atoms with Gasteiger partial charge in [-0.1, -0.05) is 42.3 Å². The Hall–Kier alpha value is -2.09. The highest BCUT2D eigenvalue weighted by atomic mass is 35.5. The standard InChI is InChI=1S/C21H26ClN3O3S/c1-16(18-6-5-7-19(22)14-18)24-21(26)23-15-17-8-10-20(11-9-17)29(27,28)25-12-3-2-4-13-25/h5-11,14,16H,2-4,12-13,15H2,1H3,(H2,23,24,26). The molecule has 2 aromatic rings. The molecule has 0 aliphatic carbocycles. The number of halogens is 1. The molecule has 156 valence electrons. The lowest BCUT2D eigenvalue weighted by Gasteiger charge is -2.25. The minimum atomic E-state index is -3.44. The molecule has 0 radical (unpaired) electrons. The van der Waals surface area contributed by atoms with E-state index in [4.69, 9.17) is 11.6 Å². The highest BCUT2D eigenvalue weighted by molar-refractivity contribution is 7.89. The van der Waals surface area contributed by atoms with Crippen LogP contribution in [-0.2, 0) is 16.6 Å². The molecule has 1 aliphatic heterocycles. The zero-order valence-electron chi connectivity index (χ0n) is 16.4. The molecule has 1 saturated heterocycles. The second kappa shape index (κ2) is 9.61. The summed E-state index contributed by atoms with van der Waals surface area (Å²) in [5, 5.41) is 6.28. The average Bonchev–Trinajstić information content (AvgIpc) is 2.73. The number of carbonyl (C=O) groups is 1. The van der Waals surface area contributed by atoms with E-state index in [-0.39, 0.29) is 12.1 Å². The molecular weight excluding hydrogens is 410 g/mol. The molecule has 1 fully saturated rings. The third kappa shape index (κ3) is 5.72. The SMILES string of the molecule is CC(NC(=O)NCc1ccc(S(=O)(=O)N2CCCCC2)cc1)c1cccc(Cl)c1. The normalized spacial score (nSPS) is 16.2. The third-order valence-corrected chi connectivity index (χ3v) is 7.17. The number of carbonyl (C=O) groups excluding carboxylic acids is 1. The van der Waals surface area contributed by atoms with Crippen LogP contribution >= 0.6 is 11.6 Å². The number of amides is 2. The summed E-state index contributed by atoms with van der Waals surface area (Å²) < 4.78 is 26.9. The van der Waals surface area contributed by atoms with Gasteiger partial charge in [-0.2, -0.15) is 4.31 Å². The maximum atomic E-state index is 12.7. The number of sulfonamides is 1. The largest absolute Gasteiger partial charge is 0.334 e. The molecule has 1 unspecified atom stereocenters. The molecule has 2 N–H and O–H groups in total. The first-order chi connectivity index (χ1) is 13.9. The van der Waals surface area contributed by atoms with E-state index in [1.807, 2.05) is 25.1 Å². The van der Waals surface area contributed by atoms with E-state index < -0.39 is 10.0 Å². The maximum absolute atomic E-state index is 12.7. The number of nitrogens with one attached hydrogen (secondary N) is 2. The van der Waals surface area contributed by atoms with E-state index in [1.165, 1.54) is 0 Å². The predicted molar refractivity (Wildman–Crippen MR) is 114 cm³/mol. The molecule has 29 heavy (non-hydrogen) atoms. The molecule has 1 aliphatic rings. The van der Waals surface area contributed by atoms with E-state index in [2.05, 4.69) is 10.6 Å². The van der Waals surface area contributed by atoms with Gasteiger partial charge in [0.25, 0.3) is 0 Å². The predicted octanol–water partition coefficient (Wildman–Crippen LogP) is 4.08. The van der Waals surface area contributed by atoms with Gasteiger partial charge in [0.1, 0.15) is 0 Å². The number of hydrogen-bond donors (Lipinski definition) is 2. The smallest absolute Gasteiger partial charge is 0.315 e. The summed E-state index contributed by atoms with van der Waals surface area (Å²) in [6.45, 7) is 3.34. The van der Waals surface area contributed by atoms with Gasteiger partial charge in [-0.05, 0) is 55.2 Å². The Balaban J connectivity index is 1.54. The molecular formula is C21H26ClN3O3S. The van der Waals surface area contributed by atoms with E-state index in [0.717, 1.165) is 30.4 Å². The summed E-state index contributed by atoms with van der Waals surface area (Å²) in [6, 6.07) is 13.5. The van der Waals surface area contributed by atoms with Gasteiger partial charge >= 0.3 is 6.03 Å². The van der Waals surface area contributed by atoms with Crippen LogP contribution in [0.1, 0.15) is 43.4 Å². The lowest BCUT2D eigenvalue weighted by molar-refractivity contribution is 0.237. The Bertz CT molecular complexity index is 942. The molecule has 0 spiro atoms. The van der Waals surface area contributed by atoms with E-state index >= 15 is 0 Å². The topological polar surface area (TPSA) is 78.5 Å². The van der Waals surface area contributed by atoms with Crippen LogP contribution in [0.5, 0.6) is 0 Å². The highest BCUT2D eigenvalue weighted by Gasteiger charge is 2.25. The van der Waals surface area contributed by atoms with Crippen LogP contribution in [0, 0.1) is 0 Å². The minimum absolute atomic E-state index is 0.189. The van der Waals surface area contributed by atoms with Crippen LogP contribution in [0.3, 0.4) is 0 Å². The molecule has 6 nitrogen and oxygen atoms in total. The van der Waals surface area contributed by atoms with E-state index in [1.54, 1.807) is 34.6 Å². The van der Waals surface area contributed by atoms with Crippen molar-refractivity contribution >= 4 is 27.7 Å². The van der Waals surface area contributed by atoms with Crippen molar-refractivity contribution in [1.29, 1.82) is 0 Å². The molecule has 0 bridgehead atoms. The van der Waals surface area contributed by atoms with Crippen LogP contribution in [0.15, 0.2) is 53.4 Å². The van der Waals surface area contributed by atoms with Crippen LogP contribution in [0.4, 0.5) is 4.79 Å². The number of benzene rings is 2. The highest BCUT2D eigenvalue weighted by Crippen LogP contribution is 2.21. The van der Waals surface area contributed by atoms with Gasteiger partial charge in [0.05, 0.1) is 10.9 Å². The summed E-state index contributed by atoms with van der Waals surface area (Å²) in [5.41, 5.74) is 1.74. The van der Waals surface area contributed by atoms with E-state index in [0.29, 0.717) is 29.6 Å². The minimum Gasteiger partial charge on any atom is -0.334 e. The molecule has 1 atom stereocenters. The van der Waals surface area contributed by atoms with Gasteiger partial charge in [0.2, 0.25) is 10.0 Å². The maximum Gasteiger partial charge on any atom is 0.315 e. The molecule has 2 aromatic carbocycles. The first-order valence-electron chi connectivity index (χ1n) is 9.75. The number of nitrogens with zero attached hydrogens (tertiary/aromatic N) is 1. The van der Waals surface area contributed by atoms with Crippen LogP contribution in [0.25, 0.3) is 0 Å². The Kier molecular flexibility index (Phi) is 7.16. The van der Waals surface area contributed by atoms with Crippen LogP contribution < -0.4 is 10.6 Å². The summed E-state index contributed by atoms with van der Waals surface area (Å²) >= 11 is 5.99. The molecule has 3 rings (SSSR count). The van der Waals surface area contributed by atoms with Crippen molar-refractivity contribution in [3.63, 3.8) is 0 Å². The molecule has 8 heteroatoms. The molecule has 0 aromatic heterocycles. The van der Waals surface area contributed by atoms with Crippen molar-refractivity contribution in [3.8, 4) is 0 Å². The zero-order valence-corrected chi connectivity index (χ0v) is 18.0.